The fourth-order valence-corrected chi connectivity index (χ4v) is 2.10. The van der Waals surface area contributed by atoms with Crippen molar-refractivity contribution in [1.29, 1.82) is 0 Å². The molecule has 1 amide bonds. The smallest absolute Gasteiger partial charge is 0.337 e. The number of carbonyl (C=O) groups excluding carboxylic acids is 1. The zero-order chi connectivity index (χ0) is 15.4. The van der Waals surface area contributed by atoms with E-state index in [0.717, 1.165) is 5.56 Å². The van der Waals surface area contributed by atoms with Crippen molar-refractivity contribution < 1.29 is 9.78 Å². The number of nitrogens with two attached hydrogens (primary N) is 1. The number of hydrogen-bond donors (Lipinski definition) is 2. The summed E-state index contributed by atoms with van der Waals surface area (Å²) in [6, 6.07) is 9.27. The summed E-state index contributed by atoms with van der Waals surface area (Å²) in [7, 11) is 0. The lowest BCUT2D eigenvalue weighted by Crippen LogP contribution is -2.28. The van der Waals surface area contributed by atoms with Crippen molar-refractivity contribution in [3.8, 4) is 0 Å². The molecule has 108 valence electrons. The lowest BCUT2D eigenvalue weighted by molar-refractivity contribution is -0.379. The van der Waals surface area contributed by atoms with Gasteiger partial charge in [-0.15, -0.1) is 0 Å². The third-order valence-electron chi connectivity index (χ3n) is 2.53. The van der Waals surface area contributed by atoms with Crippen LogP contribution in [0.25, 0.3) is 0 Å². The molecule has 1 aromatic carbocycles. The Morgan fingerprint density at radius 1 is 1.19 bits per heavy atom. The van der Waals surface area contributed by atoms with Gasteiger partial charge >= 0.3 is 5.91 Å². The number of carbonyl (C=O) groups is 1. The number of pyridine rings is 1. The number of aromatic nitrogens is 1. The molecule has 0 saturated carbocycles. The Kier molecular flexibility index (Phi) is 5.01. The van der Waals surface area contributed by atoms with E-state index in [4.69, 9.17) is 40.5 Å². The van der Waals surface area contributed by atoms with Gasteiger partial charge < -0.3 is 5.73 Å². The number of aromatic amines is 1. The number of hydrogen-bond acceptors (Lipinski definition) is 3. The van der Waals surface area contributed by atoms with E-state index >= 15 is 0 Å². The summed E-state index contributed by atoms with van der Waals surface area (Å²) in [4.78, 5) is 14.5. The Morgan fingerprint density at radius 3 is 2.52 bits per heavy atom. The van der Waals surface area contributed by atoms with Crippen LogP contribution in [0.1, 0.15) is 16.1 Å². The summed E-state index contributed by atoms with van der Waals surface area (Å²) in [6.45, 7) is 0. The van der Waals surface area contributed by atoms with E-state index in [0.29, 0.717) is 0 Å². The maximum absolute atomic E-state index is 12.0. The molecule has 0 spiro atoms. The highest BCUT2D eigenvalue weighted by Gasteiger charge is 2.25. The van der Waals surface area contributed by atoms with Crippen molar-refractivity contribution >= 4 is 52.6 Å². The molecule has 0 aliphatic heterocycles. The van der Waals surface area contributed by atoms with Gasteiger partial charge in [-0.1, -0.05) is 53.5 Å². The predicted octanol–water partition coefficient (Wildman–Crippen LogP) is 2.81. The maximum Gasteiger partial charge on any atom is 0.337 e. The molecule has 2 rings (SSSR count). The number of halogens is 3. The molecule has 0 bridgehead atoms. The Balaban J connectivity index is 2.16. The van der Waals surface area contributed by atoms with Crippen molar-refractivity contribution in [1.82, 2.24) is 5.43 Å². The number of amides is 1. The molecule has 0 aliphatic rings. The van der Waals surface area contributed by atoms with Crippen molar-refractivity contribution in [3.63, 3.8) is 0 Å². The molecule has 2 aromatic rings. The van der Waals surface area contributed by atoms with Crippen molar-refractivity contribution in [2.24, 2.45) is 5.10 Å². The van der Waals surface area contributed by atoms with Gasteiger partial charge in [-0.25, -0.2) is 5.43 Å². The van der Waals surface area contributed by atoms with E-state index in [1.54, 1.807) is 0 Å². The Hall–Kier alpha value is -1.82. The molecule has 4 N–H and O–H groups in total. The van der Waals surface area contributed by atoms with Gasteiger partial charge in [-0.05, 0) is 17.2 Å². The summed E-state index contributed by atoms with van der Waals surface area (Å²) in [6.07, 6.45) is 1.49. The van der Waals surface area contributed by atoms with E-state index in [1.807, 2.05) is 30.3 Å². The second-order valence-electron chi connectivity index (χ2n) is 3.97. The van der Waals surface area contributed by atoms with E-state index in [-0.39, 0.29) is 26.6 Å². The number of H-pyrrole nitrogens is 1. The summed E-state index contributed by atoms with van der Waals surface area (Å²) in [5.41, 5.74) is 8.82. The molecule has 1 aromatic heterocycles. The first-order chi connectivity index (χ1) is 10.0. The number of nitrogens with zero attached hydrogens (tertiary/aromatic N) is 1. The van der Waals surface area contributed by atoms with E-state index < -0.39 is 5.91 Å². The van der Waals surface area contributed by atoms with Gasteiger partial charge in [-0.2, -0.15) is 10.1 Å². The number of rotatable bonds is 3. The van der Waals surface area contributed by atoms with Gasteiger partial charge in [0.1, 0.15) is 10.0 Å². The minimum atomic E-state index is -0.586. The van der Waals surface area contributed by atoms with Crippen LogP contribution in [0.3, 0.4) is 0 Å². The van der Waals surface area contributed by atoms with E-state index in [2.05, 4.69) is 15.5 Å². The highest BCUT2D eigenvalue weighted by atomic mass is 35.5. The van der Waals surface area contributed by atoms with E-state index in [9.17, 15) is 4.79 Å². The van der Waals surface area contributed by atoms with Crippen molar-refractivity contribution in [2.45, 2.75) is 0 Å². The Bertz CT molecular complexity index is 704. The first-order valence-corrected chi connectivity index (χ1v) is 6.87. The van der Waals surface area contributed by atoms with Crippen LogP contribution >= 0.6 is 34.8 Å². The zero-order valence-electron chi connectivity index (χ0n) is 10.5. The van der Waals surface area contributed by atoms with Gasteiger partial charge in [0, 0.05) is 0 Å². The second kappa shape index (κ2) is 6.76. The quantitative estimate of drug-likeness (QED) is 0.510. The van der Waals surface area contributed by atoms with Crippen LogP contribution in [0, 0.1) is 0 Å². The molecule has 0 atom stereocenters. The highest BCUT2D eigenvalue weighted by molar-refractivity contribution is 6.45. The standard InChI is InChI=1S/C13H9Cl3N4O/c14-8-10(17)9(15)12(16)19-11(8)13(21)20-18-6-7-4-2-1-3-5-7/h1-6H,(H2,17,19)(H,20,21)/p+1/b18-6+. The largest absolute Gasteiger partial charge is 0.396 e. The average Bonchev–Trinajstić information content (AvgIpc) is 2.49. The maximum atomic E-state index is 12.0. The Labute approximate surface area is 135 Å². The fourth-order valence-electron chi connectivity index (χ4n) is 1.49. The van der Waals surface area contributed by atoms with Crippen LogP contribution in [0.2, 0.25) is 15.2 Å². The van der Waals surface area contributed by atoms with Crippen LogP contribution in [0.4, 0.5) is 5.69 Å². The second-order valence-corrected chi connectivity index (χ2v) is 5.10. The summed E-state index contributed by atoms with van der Waals surface area (Å²) in [5, 5.41) is 3.89. The molecule has 8 heteroatoms. The molecule has 0 saturated heterocycles. The normalized spacial score (nSPS) is 10.8. The number of hydrazone groups is 1. The van der Waals surface area contributed by atoms with Crippen LogP contribution in [-0.4, -0.2) is 12.1 Å². The Morgan fingerprint density at radius 2 is 1.86 bits per heavy atom. The minimum absolute atomic E-state index is 0.0168. The molecular weight excluding hydrogens is 335 g/mol. The molecule has 0 aliphatic carbocycles. The lowest BCUT2D eigenvalue weighted by Gasteiger charge is -2.02. The zero-order valence-corrected chi connectivity index (χ0v) is 12.8. The average molecular weight is 345 g/mol. The van der Waals surface area contributed by atoms with Gasteiger partial charge in [0.15, 0.2) is 0 Å². The monoisotopic (exact) mass is 343 g/mol. The number of anilines is 1. The molecule has 0 fully saturated rings. The summed E-state index contributed by atoms with van der Waals surface area (Å²) >= 11 is 17.6. The van der Waals surface area contributed by atoms with Gasteiger partial charge in [-0.3, -0.25) is 4.79 Å². The SMILES string of the molecule is Nc1c(Cl)c(Cl)[nH+]c(C(=O)N/N=C/c2ccccc2)c1Cl. The molecule has 5 nitrogen and oxygen atoms in total. The van der Waals surface area contributed by atoms with Crippen molar-refractivity contribution in [3.05, 3.63) is 56.8 Å². The van der Waals surface area contributed by atoms with E-state index in [1.165, 1.54) is 6.21 Å². The number of nitrogen functional groups attached to an aromatic ring is 1. The molecule has 0 unspecified atom stereocenters. The molecule has 0 radical (unpaired) electrons. The van der Waals surface area contributed by atoms with Gasteiger partial charge in [0.25, 0.3) is 10.8 Å². The predicted molar refractivity (Wildman–Crippen MR) is 83.9 cm³/mol. The summed E-state index contributed by atoms with van der Waals surface area (Å²) < 4.78 is 0. The van der Waals surface area contributed by atoms with Crippen LogP contribution < -0.4 is 16.1 Å². The number of nitrogens with one attached hydrogen (secondary N) is 2. The molecular formula is C13H10Cl3N4O+. The summed E-state index contributed by atoms with van der Waals surface area (Å²) in [5.74, 6) is -0.586. The number of benzene rings is 1. The van der Waals surface area contributed by atoms with Crippen LogP contribution in [0.15, 0.2) is 35.4 Å². The fraction of sp³-hybridized carbons (Fsp3) is 0. The third-order valence-corrected chi connectivity index (χ3v) is 3.69. The first kappa shape index (κ1) is 15.6. The third kappa shape index (κ3) is 3.64. The lowest BCUT2D eigenvalue weighted by atomic mass is 10.2. The van der Waals surface area contributed by atoms with Crippen LogP contribution in [-0.2, 0) is 0 Å². The minimum Gasteiger partial charge on any atom is -0.396 e. The van der Waals surface area contributed by atoms with Crippen LogP contribution in [0.5, 0.6) is 0 Å². The highest BCUT2D eigenvalue weighted by Crippen LogP contribution is 2.31. The topological polar surface area (TPSA) is 81.6 Å². The van der Waals surface area contributed by atoms with Crippen molar-refractivity contribution in [2.75, 3.05) is 5.73 Å². The van der Waals surface area contributed by atoms with Gasteiger partial charge in [0.2, 0.25) is 0 Å². The van der Waals surface area contributed by atoms with Gasteiger partial charge in [0.05, 0.1) is 11.9 Å². The molecule has 21 heavy (non-hydrogen) atoms. The molecule has 1 heterocycles. The first-order valence-electron chi connectivity index (χ1n) is 5.74.